The molecule has 1 aliphatic rings. The maximum Gasteiger partial charge on any atom is 0.339 e. The standard InChI is InChI=1S/C26H30O6S2/c1-16(2)22-15-18-9-5-6-10-19(18)25(17(3)4)26(22)34(30,31)32-23-13-14-24(33(27,28)29)21-12-8-7-11-20(21)23/h5-6,9-10,13-17H,7-8,11-12H2,1-4H3,(H,27,28,29). The van der Waals surface area contributed by atoms with Crippen LogP contribution in [-0.2, 0) is 33.1 Å². The molecule has 0 aliphatic heterocycles. The highest BCUT2D eigenvalue weighted by Crippen LogP contribution is 2.41. The first-order valence-electron chi connectivity index (χ1n) is 11.5. The summed E-state index contributed by atoms with van der Waals surface area (Å²) in [4.78, 5) is 0.00278. The lowest BCUT2D eigenvalue weighted by Gasteiger charge is -2.24. The van der Waals surface area contributed by atoms with Gasteiger partial charge in [0.25, 0.3) is 10.1 Å². The molecule has 0 aromatic heterocycles. The Morgan fingerprint density at radius 2 is 1.50 bits per heavy atom. The fourth-order valence-electron chi connectivity index (χ4n) is 4.94. The Balaban J connectivity index is 1.95. The van der Waals surface area contributed by atoms with E-state index in [-0.39, 0.29) is 27.4 Å². The summed E-state index contributed by atoms with van der Waals surface area (Å²) in [6.45, 7) is 7.84. The summed E-state index contributed by atoms with van der Waals surface area (Å²) in [5, 5.41) is 1.84. The summed E-state index contributed by atoms with van der Waals surface area (Å²) in [5.41, 5.74) is 2.37. The molecule has 0 unspecified atom stereocenters. The smallest absolute Gasteiger partial charge is 0.339 e. The van der Waals surface area contributed by atoms with Crippen molar-refractivity contribution in [1.29, 1.82) is 0 Å². The van der Waals surface area contributed by atoms with E-state index in [0.29, 0.717) is 35.1 Å². The molecule has 0 fully saturated rings. The maximum atomic E-state index is 13.9. The number of benzene rings is 3. The maximum absolute atomic E-state index is 13.9. The molecule has 34 heavy (non-hydrogen) atoms. The average molecular weight is 503 g/mol. The molecular formula is C26H30O6S2. The van der Waals surface area contributed by atoms with E-state index in [4.69, 9.17) is 4.18 Å². The van der Waals surface area contributed by atoms with Crippen LogP contribution in [0.2, 0.25) is 0 Å². The van der Waals surface area contributed by atoms with Crippen molar-refractivity contribution in [2.75, 3.05) is 0 Å². The Bertz CT molecular complexity index is 1470. The quantitative estimate of drug-likeness (QED) is 0.329. The molecule has 182 valence electrons. The van der Waals surface area contributed by atoms with E-state index in [9.17, 15) is 21.4 Å². The molecule has 6 nitrogen and oxygen atoms in total. The Morgan fingerprint density at radius 3 is 2.12 bits per heavy atom. The molecule has 8 heteroatoms. The van der Waals surface area contributed by atoms with Crippen molar-refractivity contribution in [3.05, 3.63) is 64.7 Å². The lowest BCUT2D eigenvalue weighted by molar-refractivity contribution is 0.472. The van der Waals surface area contributed by atoms with Gasteiger partial charge in [-0.3, -0.25) is 4.55 Å². The van der Waals surface area contributed by atoms with E-state index >= 15 is 0 Å². The third kappa shape index (κ3) is 4.46. The van der Waals surface area contributed by atoms with Gasteiger partial charge in [0.05, 0.1) is 4.90 Å². The van der Waals surface area contributed by atoms with Crippen LogP contribution < -0.4 is 4.18 Å². The van der Waals surface area contributed by atoms with E-state index in [1.165, 1.54) is 12.1 Å². The van der Waals surface area contributed by atoms with Crippen LogP contribution in [0.15, 0.2) is 52.3 Å². The fourth-order valence-corrected chi connectivity index (χ4v) is 7.39. The van der Waals surface area contributed by atoms with Gasteiger partial charge in [-0.1, -0.05) is 52.0 Å². The van der Waals surface area contributed by atoms with Gasteiger partial charge in [0.2, 0.25) is 0 Å². The summed E-state index contributed by atoms with van der Waals surface area (Å²) in [6.07, 6.45) is 2.45. The molecule has 0 atom stereocenters. The molecule has 0 amide bonds. The molecule has 0 saturated carbocycles. The second-order valence-electron chi connectivity index (χ2n) is 9.48. The number of hydrogen-bond acceptors (Lipinski definition) is 5. The van der Waals surface area contributed by atoms with Crippen LogP contribution in [0.3, 0.4) is 0 Å². The molecular weight excluding hydrogens is 472 g/mol. The van der Waals surface area contributed by atoms with Crippen LogP contribution in [-0.4, -0.2) is 21.4 Å². The van der Waals surface area contributed by atoms with Gasteiger partial charge < -0.3 is 4.18 Å². The lowest BCUT2D eigenvalue weighted by Crippen LogP contribution is -2.19. The van der Waals surface area contributed by atoms with Crippen LogP contribution in [0.5, 0.6) is 5.75 Å². The van der Waals surface area contributed by atoms with Crippen molar-refractivity contribution in [1.82, 2.24) is 0 Å². The minimum Gasteiger partial charge on any atom is -0.379 e. The number of fused-ring (bicyclic) bond motifs is 2. The van der Waals surface area contributed by atoms with Gasteiger partial charge in [0, 0.05) is 5.56 Å². The number of hydrogen-bond donors (Lipinski definition) is 1. The normalized spacial score (nSPS) is 14.6. The zero-order valence-electron chi connectivity index (χ0n) is 19.8. The van der Waals surface area contributed by atoms with Crippen molar-refractivity contribution in [2.45, 2.75) is 75.0 Å². The van der Waals surface area contributed by atoms with Gasteiger partial charge in [-0.2, -0.15) is 16.8 Å². The molecule has 4 rings (SSSR count). The summed E-state index contributed by atoms with van der Waals surface area (Å²) < 4.78 is 66.9. The van der Waals surface area contributed by atoms with Crippen LogP contribution >= 0.6 is 0 Å². The lowest BCUT2D eigenvalue weighted by atomic mass is 9.90. The van der Waals surface area contributed by atoms with Crippen LogP contribution in [0.4, 0.5) is 0 Å². The van der Waals surface area contributed by atoms with Crippen molar-refractivity contribution in [3.8, 4) is 5.75 Å². The molecule has 3 aromatic carbocycles. The first kappa shape index (κ1) is 24.7. The summed E-state index contributed by atoms with van der Waals surface area (Å²) in [5.74, 6) is -0.0150. The van der Waals surface area contributed by atoms with Crippen LogP contribution in [0.25, 0.3) is 10.8 Å². The van der Waals surface area contributed by atoms with E-state index in [1.54, 1.807) is 0 Å². The highest BCUT2D eigenvalue weighted by atomic mass is 32.2. The Labute approximate surface area is 201 Å². The Hall–Kier alpha value is -2.42. The van der Waals surface area contributed by atoms with Crippen molar-refractivity contribution >= 4 is 31.0 Å². The first-order valence-corrected chi connectivity index (χ1v) is 14.4. The van der Waals surface area contributed by atoms with Gasteiger partial charge in [-0.15, -0.1) is 0 Å². The van der Waals surface area contributed by atoms with E-state index in [2.05, 4.69) is 0 Å². The highest BCUT2D eigenvalue weighted by molar-refractivity contribution is 7.87. The van der Waals surface area contributed by atoms with Crippen molar-refractivity contribution < 1.29 is 25.6 Å². The second kappa shape index (κ2) is 8.98. The molecule has 0 heterocycles. The highest BCUT2D eigenvalue weighted by Gasteiger charge is 2.31. The SMILES string of the molecule is CC(C)c1cc2ccccc2c(C(C)C)c1S(=O)(=O)Oc1ccc(S(=O)(=O)O)c2c1CCCC2. The second-order valence-corrected chi connectivity index (χ2v) is 12.4. The molecule has 0 spiro atoms. The van der Waals surface area contributed by atoms with Gasteiger partial charge in [0.1, 0.15) is 10.6 Å². The molecule has 1 aliphatic carbocycles. The minimum atomic E-state index is -4.42. The topological polar surface area (TPSA) is 97.7 Å². The Morgan fingerprint density at radius 1 is 0.853 bits per heavy atom. The van der Waals surface area contributed by atoms with Gasteiger partial charge >= 0.3 is 10.1 Å². The van der Waals surface area contributed by atoms with Crippen LogP contribution in [0, 0.1) is 0 Å². The monoisotopic (exact) mass is 502 g/mol. The van der Waals surface area contributed by atoms with Gasteiger partial charge in [0.15, 0.2) is 0 Å². The predicted octanol–water partition coefficient (Wildman–Crippen LogP) is 5.98. The van der Waals surface area contributed by atoms with Crippen LogP contribution in [0.1, 0.15) is 74.6 Å². The van der Waals surface area contributed by atoms with Crippen molar-refractivity contribution in [2.24, 2.45) is 0 Å². The third-order valence-electron chi connectivity index (χ3n) is 6.44. The summed E-state index contributed by atoms with van der Waals surface area (Å²) in [6, 6.07) is 12.2. The minimum absolute atomic E-state index is 0.0636. The van der Waals surface area contributed by atoms with E-state index in [1.807, 2.05) is 58.0 Å². The molecule has 0 bridgehead atoms. The zero-order chi connectivity index (χ0) is 24.8. The summed E-state index contributed by atoms with van der Waals surface area (Å²) in [7, 11) is -8.67. The third-order valence-corrected chi connectivity index (χ3v) is 8.74. The fraction of sp³-hybridized carbons (Fsp3) is 0.385. The predicted molar refractivity (Wildman–Crippen MR) is 133 cm³/mol. The van der Waals surface area contributed by atoms with Gasteiger partial charge in [-0.05, 0) is 83.2 Å². The van der Waals surface area contributed by atoms with E-state index < -0.39 is 20.2 Å². The zero-order valence-corrected chi connectivity index (χ0v) is 21.5. The molecule has 0 saturated heterocycles. The van der Waals surface area contributed by atoms with E-state index in [0.717, 1.165) is 23.6 Å². The first-order chi connectivity index (χ1) is 15.9. The largest absolute Gasteiger partial charge is 0.379 e. The van der Waals surface area contributed by atoms with Gasteiger partial charge in [-0.25, -0.2) is 0 Å². The summed E-state index contributed by atoms with van der Waals surface area (Å²) >= 11 is 0. The molecule has 0 radical (unpaired) electrons. The average Bonchev–Trinajstić information content (AvgIpc) is 2.76. The Kier molecular flexibility index (Phi) is 6.52. The molecule has 1 N–H and O–H groups in total. The van der Waals surface area contributed by atoms with Crippen molar-refractivity contribution in [3.63, 3.8) is 0 Å². The number of rotatable bonds is 6. The molecule has 3 aromatic rings.